The van der Waals surface area contributed by atoms with Gasteiger partial charge in [0, 0.05) is 110 Å². The van der Waals surface area contributed by atoms with Crippen LogP contribution in [0.3, 0.4) is 0 Å². The minimum atomic E-state index is -1.89. The van der Waals surface area contributed by atoms with E-state index in [0.29, 0.717) is 67.6 Å². The van der Waals surface area contributed by atoms with Crippen molar-refractivity contribution in [2.45, 2.75) is 133 Å². The topological polar surface area (TPSA) is 376 Å². The standard InChI is InChI=1S/C67H72F2N14O12/c1-36-61(89)76-54(26-41-33-72-50-16-9-43(68)29-48(41)50)64(92)77-55(27-42-34-73-51-17-10-44(69)30-49(42)51)63(91)75-52(31-59(86)87)57(84)28-40(23-39-19-21-71-32-39)62(90)78-56(25-38-7-14-47(95-3)15-8-38)65(93)82-22-4-20-67(82,2)66(94)79-53(60(70)88)24-37-5-12-46(13-6-37)83-35-45(80-81-83)11-18-58(85)74-36/h5-10,12-17,21,29-30,32-36,40,52-56,72-73H,4,11,18-20,22-28,31H2,1-3H3,(H2,70,88)(H,74,85)(H,75,91)(H,76,89)(H,77,92)(H,78,90)(H,79,94)(H,86,87)/t36-,40-,52+,53+,54+,55+,56+,67+/m1/s1. The molecule has 4 aromatic carbocycles. The first-order chi connectivity index (χ1) is 45.5. The molecule has 0 saturated carbocycles. The van der Waals surface area contributed by atoms with Gasteiger partial charge in [0.1, 0.15) is 53.1 Å². The lowest BCUT2D eigenvalue weighted by atomic mass is 9.89. The summed E-state index contributed by atoms with van der Waals surface area (Å²) in [5.74, 6) is -11.2. The van der Waals surface area contributed by atoms with Crippen molar-refractivity contribution in [3.63, 3.8) is 0 Å². The normalized spacial score (nSPS) is 23.2. The fraction of sp³-hybridized carbons (Fsp3) is 0.358. The zero-order chi connectivity index (χ0) is 67.7. The monoisotopic (exact) mass is 1300 g/mol. The fourth-order valence-corrected chi connectivity index (χ4v) is 12.2. The summed E-state index contributed by atoms with van der Waals surface area (Å²) >= 11 is 0. The van der Waals surface area contributed by atoms with Crippen molar-refractivity contribution in [2.75, 3.05) is 13.7 Å². The van der Waals surface area contributed by atoms with Gasteiger partial charge < -0.3 is 62.3 Å². The number of carbonyl (C=O) groups is 10. The molecule has 4 bridgehead atoms. The first-order valence-electron chi connectivity index (χ1n) is 31.0. The Labute approximate surface area is 542 Å². The molecule has 0 unspecified atom stereocenters. The van der Waals surface area contributed by atoms with Crippen molar-refractivity contribution in [1.29, 1.82) is 0 Å². The molecule has 11 rings (SSSR count). The number of hydrogen-bond donors (Lipinski definition) is 10. The Hall–Kier alpha value is -10.9. The summed E-state index contributed by atoms with van der Waals surface area (Å²) in [6, 6.07) is 12.1. The number of aliphatic imine (C=N–C) groups is 1. The summed E-state index contributed by atoms with van der Waals surface area (Å²) in [5.41, 5.74) is 8.58. The predicted octanol–water partition coefficient (Wildman–Crippen LogP) is 3.33. The number of Topliss-reactive ketones (excluding diaryl/α,β-unsaturated/α-hetero) is 1. The Kier molecular flexibility index (Phi) is 20.7. The van der Waals surface area contributed by atoms with Crippen molar-refractivity contribution >= 4 is 87.0 Å². The maximum atomic E-state index is 15.3. The third kappa shape index (κ3) is 16.3. The number of aromatic amines is 2. The van der Waals surface area contributed by atoms with E-state index in [1.807, 2.05) is 0 Å². The SMILES string of the molecule is COc1ccc(C[C@@H]2NC(=O)[C@H](CC3=CN=CC3)CC(=O)[C@H](CC(=O)O)NC(=O)[C@H](Cc3c[nH]c4ccc(F)cc34)NC(=O)[C@H](Cc3c[nH]c4ccc(F)cc34)NC(=O)[C@@H](C)NC(=O)CCc3cn(nn3)-c3ccc(cc3)C[C@@H](C(N)=O)NC(=O)[C@]3(C)CCCN3C2=O)cc1. The number of nitrogens with two attached hydrogens (primary N) is 1. The van der Waals surface area contributed by atoms with Crippen LogP contribution in [0.4, 0.5) is 8.78 Å². The van der Waals surface area contributed by atoms with E-state index < -0.39 is 138 Å². The molecule has 8 amide bonds. The number of benzene rings is 4. The second-order valence-corrected chi connectivity index (χ2v) is 24.3. The molecule has 0 spiro atoms. The summed E-state index contributed by atoms with van der Waals surface area (Å²) in [7, 11) is 1.48. The summed E-state index contributed by atoms with van der Waals surface area (Å²) < 4.78 is 36.6. The van der Waals surface area contributed by atoms with E-state index in [1.54, 1.807) is 67.9 Å². The molecule has 4 aliphatic rings. The molecular weight excluding hydrogens is 1230 g/mol. The number of rotatable bonds is 12. The molecule has 0 radical (unpaired) electrons. The third-order valence-electron chi connectivity index (χ3n) is 17.5. The number of primary amides is 1. The van der Waals surface area contributed by atoms with E-state index in [1.165, 1.54) is 78.6 Å². The minimum absolute atomic E-state index is 0.0542. The molecule has 1 fully saturated rings. The number of halogens is 2. The smallest absolute Gasteiger partial charge is 0.305 e. The van der Waals surface area contributed by atoms with Crippen molar-refractivity contribution in [3.05, 3.63) is 155 Å². The van der Waals surface area contributed by atoms with E-state index in [0.717, 1.165) is 0 Å². The number of fused-ring (bicyclic) bond motifs is 27. The minimum Gasteiger partial charge on any atom is -0.497 e. The lowest BCUT2D eigenvalue weighted by Gasteiger charge is -2.37. The van der Waals surface area contributed by atoms with Crippen LogP contribution in [0, 0.1) is 17.6 Å². The molecule has 11 N–H and O–H groups in total. The largest absolute Gasteiger partial charge is 0.497 e. The molecule has 7 heterocycles. The summed E-state index contributed by atoms with van der Waals surface area (Å²) in [6.45, 7) is 2.98. The molecular formula is C67H72F2N14O12. The summed E-state index contributed by atoms with van der Waals surface area (Å²) in [5, 5.41) is 35.5. The van der Waals surface area contributed by atoms with Crippen molar-refractivity contribution in [2.24, 2.45) is 16.6 Å². The second kappa shape index (κ2) is 29.4. The molecule has 28 heteroatoms. The van der Waals surface area contributed by atoms with Crippen LogP contribution >= 0.6 is 0 Å². The van der Waals surface area contributed by atoms with Crippen LogP contribution in [0.25, 0.3) is 27.5 Å². The maximum Gasteiger partial charge on any atom is 0.305 e. The van der Waals surface area contributed by atoms with E-state index in [-0.39, 0.29) is 63.5 Å². The van der Waals surface area contributed by atoms with Gasteiger partial charge in [0.2, 0.25) is 47.3 Å². The van der Waals surface area contributed by atoms with Crippen molar-refractivity contribution < 1.29 is 66.6 Å². The lowest BCUT2D eigenvalue weighted by molar-refractivity contribution is -0.147. The molecule has 0 aliphatic carbocycles. The van der Waals surface area contributed by atoms with Crippen molar-refractivity contribution in [3.8, 4) is 11.4 Å². The highest BCUT2D eigenvalue weighted by Crippen LogP contribution is 2.32. The van der Waals surface area contributed by atoms with Gasteiger partial charge in [0.25, 0.3) is 0 Å². The number of aliphatic carboxylic acids is 1. The van der Waals surface area contributed by atoms with Gasteiger partial charge in [-0.3, -0.25) is 52.9 Å². The number of H-pyrrole nitrogens is 2. The summed E-state index contributed by atoms with van der Waals surface area (Å²) in [6.07, 6.45) is 5.48. The zero-order valence-electron chi connectivity index (χ0n) is 52.2. The van der Waals surface area contributed by atoms with Gasteiger partial charge >= 0.3 is 5.97 Å². The van der Waals surface area contributed by atoms with Gasteiger partial charge in [-0.2, -0.15) is 0 Å². The van der Waals surface area contributed by atoms with Gasteiger partial charge in [-0.1, -0.05) is 29.5 Å². The van der Waals surface area contributed by atoms with Gasteiger partial charge in [-0.15, -0.1) is 5.10 Å². The average molecular weight is 1300 g/mol. The second-order valence-electron chi connectivity index (χ2n) is 24.3. The van der Waals surface area contributed by atoms with E-state index in [9.17, 15) is 42.7 Å². The highest BCUT2D eigenvalue weighted by atomic mass is 19.1. The van der Waals surface area contributed by atoms with E-state index in [4.69, 9.17) is 10.5 Å². The number of ketones is 1. The Balaban J connectivity index is 1.01. The first-order valence-corrected chi connectivity index (χ1v) is 31.0. The molecule has 8 atom stereocenters. The van der Waals surface area contributed by atoms with Gasteiger partial charge in [0.05, 0.1) is 37.2 Å². The number of amides is 8. The van der Waals surface area contributed by atoms with Crippen LogP contribution in [0.15, 0.2) is 120 Å². The van der Waals surface area contributed by atoms with Crippen LogP contribution in [-0.2, 0) is 80.0 Å². The number of allylic oxidation sites excluding steroid dienone is 1. The fourth-order valence-electron chi connectivity index (χ4n) is 12.2. The third-order valence-corrected chi connectivity index (χ3v) is 17.5. The Morgan fingerprint density at radius 1 is 0.716 bits per heavy atom. The number of ether oxygens (including phenoxy) is 1. The Morgan fingerprint density at radius 3 is 1.94 bits per heavy atom. The zero-order valence-corrected chi connectivity index (χ0v) is 52.2. The Morgan fingerprint density at radius 2 is 1.34 bits per heavy atom. The number of carbonyl (C=O) groups excluding carboxylic acids is 9. The van der Waals surface area contributed by atoms with Crippen LogP contribution < -0.4 is 42.4 Å². The number of methoxy groups -OCH3 is 1. The number of aromatic nitrogens is 5. The Bertz CT molecular complexity index is 4160. The highest BCUT2D eigenvalue weighted by Gasteiger charge is 2.49. The number of nitrogens with zero attached hydrogens (tertiary/aromatic N) is 5. The molecule has 95 heavy (non-hydrogen) atoms. The molecule has 7 aromatic rings. The van der Waals surface area contributed by atoms with E-state index in [2.05, 4.69) is 57.2 Å². The number of carboxylic acid groups (broad SMARTS) is 1. The van der Waals surface area contributed by atoms with Crippen LogP contribution in [-0.4, -0.2) is 156 Å². The van der Waals surface area contributed by atoms with Crippen LogP contribution in [0.2, 0.25) is 0 Å². The molecule has 1 saturated heterocycles. The van der Waals surface area contributed by atoms with Gasteiger partial charge in [-0.25, -0.2) is 13.5 Å². The number of nitrogens with one attached hydrogen (secondary N) is 8. The lowest BCUT2D eigenvalue weighted by Crippen LogP contribution is -2.62. The molecule has 3 aromatic heterocycles. The first kappa shape index (κ1) is 67.0. The number of carboxylic acids is 1. The molecule has 26 nitrogen and oxygen atoms in total. The summed E-state index contributed by atoms with van der Waals surface area (Å²) in [4.78, 5) is 155. The average Bonchev–Trinajstić information content (AvgIpc) is 1.71. The van der Waals surface area contributed by atoms with Gasteiger partial charge in [-0.05, 0) is 122 Å². The van der Waals surface area contributed by atoms with E-state index >= 15 is 19.2 Å². The highest BCUT2D eigenvalue weighted by molar-refractivity contribution is 6.00. The number of aryl methyl sites for hydroxylation is 1. The molecule has 4 aliphatic heterocycles. The molecule has 496 valence electrons. The van der Waals surface area contributed by atoms with Crippen LogP contribution in [0.5, 0.6) is 5.75 Å². The maximum absolute atomic E-state index is 15.3. The van der Waals surface area contributed by atoms with Crippen LogP contribution in [0.1, 0.15) is 86.7 Å². The quantitative estimate of drug-likeness (QED) is 0.0785. The predicted molar refractivity (Wildman–Crippen MR) is 341 cm³/mol. The van der Waals surface area contributed by atoms with Gasteiger partial charge in [0.15, 0.2) is 5.78 Å². The van der Waals surface area contributed by atoms with Crippen molar-refractivity contribution in [1.82, 2.24) is 61.8 Å². The number of hydrogen-bond acceptors (Lipinski definition) is 14.